The van der Waals surface area contributed by atoms with Crippen LogP contribution >= 0.6 is 11.6 Å². The van der Waals surface area contributed by atoms with Crippen molar-refractivity contribution in [1.29, 1.82) is 5.26 Å². The topological polar surface area (TPSA) is 45.9 Å². The van der Waals surface area contributed by atoms with E-state index < -0.39 is 0 Å². The maximum Gasteiger partial charge on any atom is 0.147 e. The summed E-state index contributed by atoms with van der Waals surface area (Å²) in [6.07, 6.45) is 1.68. The number of aromatic nitrogens is 1. The Kier molecular flexibility index (Phi) is 4.03. The number of benzene rings is 1. The van der Waals surface area contributed by atoms with E-state index in [1.807, 2.05) is 38.1 Å². The molecule has 0 spiro atoms. The van der Waals surface area contributed by atoms with E-state index in [1.165, 1.54) is 0 Å². The van der Waals surface area contributed by atoms with E-state index in [2.05, 4.69) is 11.1 Å². The van der Waals surface area contributed by atoms with Crippen LogP contribution in [0.15, 0.2) is 30.5 Å². The lowest BCUT2D eigenvalue weighted by Gasteiger charge is -2.10. The van der Waals surface area contributed by atoms with Crippen LogP contribution in [0.1, 0.15) is 18.1 Å². The number of aryl methyl sites for hydroxylation is 1. The molecule has 0 bridgehead atoms. The monoisotopic (exact) mass is 272 g/mol. The van der Waals surface area contributed by atoms with Crippen LogP contribution in [-0.2, 0) is 0 Å². The molecule has 2 rings (SSSR count). The average molecular weight is 273 g/mol. The fraction of sp³-hybridized carbons (Fsp3) is 0.200. The summed E-state index contributed by atoms with van der Waals surface area (Å²) in [7, 11) is 0. The summed E-state index contributed by atoms with van der Waals surface area (Å²) in [5, 5.41) is 9.46. The van der Waals surface area contributed by atoms with Crippen molar-refractivity contribution in [3.63, 3.8) is 0 Å². The molecule has 19 heavy (non-hydrogen) atoms. The second kappa shape index (κ2) is 5.73. The molecule has 96 valence electrons. The molecule has 0 atom stereocenters. The molecule has 0 aliphatic carbocycles. The Morgan fingerprint density at radius 2 is 2.00 bits per heavy atom. The molecule has 0 saturated carbocycles. The smallest absolute Gasteiger partial charge is 0.147 e. The summed E-state index contributed by atoms with van der Waals surface area (Å²) in [6, 6.07) is 9.72. The minimum Gasteiger partial charge on any atom is -0.494 e. The Bertz CT molecular complexity index is 630. The fourth-order valence-corrected chi connectivity index (χ4v) is 2.13. The van der Waals surface area contributed by atoms with Gasteiger partial charge in [0.05, 0.1) is 12.2 Å². The van der Waals surface area contributed by atoms with E-state index in [-0.39, 0.29) is 5.15 Å². The first kappa shape index (κ1) is 13.4. The quantitative estimate of drug-likeness (QED) is 0.794. The predicted octanol–water partition coefficient (Wildman–Crippen LogP) is 3.98. The van der Waals surface area contributed by atoms with Crippen molar-refractivity contribution in [1.82, 2.24) is 4.98 Å². The number of halogens is 1. The highest BCUT2D eigenvalue weighted by Gasteiger charge is 2.13. The van der Waals surface area contributed by atoms with Gasteiger partial charge in [0, 0.05) is 11.8 Å². The highest BCUT2D eigenvalue weighted by Crippen LogP contribution is 2.31. The van der Waals surface area contributed by atoms with Crippen LogP contribution in [0.2, 0.25) is 5.15 Å². The SMILES string of the molecule is CCOc1ccc(-c2c(C)cnc(Cl)c2C#N)cc1. The molecule has 0 aliphatic heterocycles. The lowest BCUT2D eigenvalue weighted by atomic mass is 9.98. The molecule has 0 unspecified atom stereocenters. The van der Waals surface area contributed by atoms with E-state index in [0.29, 0.717) is 12.2 Å². The van der Waals surface area contributed by atoms with Crippen molar-refractivity contribution in [3.05, 3.63) is 46.7 Å². The Balaban J connectivity index is 2.53. The summed E-state index contributed by atoms with van der Waals surface area (Å²) in [4.78, 5) is 4.00. The van der Waals surface area contributed by atoms with Gasteiger partial charge in [-0.1, -0.05) is 23.7 Å². The van der Waals surface area contributed by atoms with Crippen molar-refractivity contribution in [2.75, 3.05) is 6.61 Å². The molecule has 0 aliphatic rings. The Hall–Kier alpha value is -2.05. The third-order valence-corrected chi connectivity index (χ3v) is 3.07. The van der Waals surface area contributed by atoms with Crippen molar-refractivity contribution in [2.45, 2.75) is 13.8 Å². The van der Waals surface area contributed by atoms with E-state index in [9.17, 15) is 5.26 Å². The third kappa shape index (κ3) is 2.69. The average Bonchev–Trinajstić information content (AvgIpc) is 2.42. The van der Waals surface area contributed by atoms with Gasteiger partial charge >= 0.3 is 0 Å². The first-order valence-electron chi connectivity index (χ1n) is 5.95. The van der Waals surface area contributed by atoms with Crippen molar-refractivity contribution in [2.24, 2.45) is 0 Å². The molecule has 1 heterocycles. The van der Waals surface area contributed by atoms with Crippen molar-refractivity contribution < 1.29 is 4.74 Å². The molecule has 0 N–H and O–H groups in total. The molecular weight excluding hydrogens is 260 g/mol. The van der Waals surface area contributed by atoms with Gasteiger partial charge in [0.15, 0.2) is 0 Å². The maximum absolute atomic E-state index is 9.22. The van der Waals surface area contributed by atoms with Crippen LogP contribution in [-0.4, -0.2) is 11.6 Å². The summed E-state index contributed by atoms with van der Waals surface area (Å²) >= 11 is 5.97. The summed E-state index contributed by atoms with van der Waals surface area (Å²) < 4.78 is 5.40. The van der Waals surface area contributed by atoms with Crippen LogP contribution in [0.3, 0.4) is 0 Å². The molecule has 1 aromatic heterocycles. The van der Waals surface area contributed by atoms with Crippen molar-refractivity contribution in [3.8, 4) is 22.9 Å². The summed E-state index contributed by atoms with van der Waals surface area (Å²) in [6.45, 7) is 4.48. The summed E-state index contributed by atoms with van der Waals surface area (Å²) in [5.74, 6) is 0.808. The number of rotatable bonds is 3. The number of pyridine rings is 1. The number of hydrogen-bond acceptors (Lipinski definition) is 3. The van der Waals surface area contributed by atoms with E-state index >= 15 is 0 Å². The maximum atomic E-state index is 9.22. The number of nitriles is 1. The number of hydrogen-bond donors (Lipinski definition) is 0. The van der Waals surface area contributed by atoms with Gasteiger partial charge in [-0.2, -0.15) is 5.26 Å². The van der Waals surface area contributed by atoms with Gasteiger partial charge in [0.2, 0.25) is 0 Å². The number of nitrogens with zero attached hydrogens (tertiary/aromatic N) is 2. The van der Waals surface area contributed by atoms with E-state index in [1.54, 1.807) is 6.20 Å². The Morgan fingerprint density at radius 1 is 1.32 bits per heavy atom. The van der Waals surface area contributed by atoms with Gasteiger partial charge in [-0.3, -0.25) is 0 Å². The minimum absolute atomic E-state index is 0.233. The second-order valence-corrected chi connectivity index (χ2v) is 4.41. The largest absolute Gasteiger partial charge is 0.494 e. The predicted molar refractivity (Wildman–Crippen MR) is 75.3 cm³/mol. The molecule has 0 saturated heterocycles. The van der Waals surface area contributed by atoms with Gasteiger partial charge in [0.1, 0.15) is 17.0 Å². The molecule has 0 fully saturated rings. The molecule has 1 aromatic carbocycles. The number of ether oxygens (including phenoxy) is 1. The van der Waals surface area contributed by atoms with Gasteiger partial charge in [-0.25, -0.2) is 4.98 Å². The van der Waals surface area contributed by atoms with Crippen LogP contribution in [0.25, 0.3) is 11.1 Å². The Morgan fingerprint density at radius 3 is 2.58 bits per heavy atom. The second-order valence-electron chi connectivity index (χ2n) is 4.05. The zero-order valence-electron chi connectivity index (χ0n) is 10.8. The van der Waals surface area contributed by atoms with Gasteiger partial charge in [0.25, 0.3) is 0 Å². The van der Waals surface area contributed by atoms with Crippen LogP contribution < -0.4 is 4.74 Å². The first-order valence-corrected chi connectivity index (χ1v) is 6.33. The molecular formula is C15H13ClN2O. The van der Waals surface area contributed by atoms with Crippen LogP contribution in [0.5, 0.6) is 5.75 Å². The first-order chi connectivity index (χ1) is 9.17. The molecule has 3 nitrogen and oxygen atoms in total. The third-order valence-electron chi connectivity index (χ3n) is 2.79. The molecule has 0 amide bonds. The molecule has 0 radical (unpaired) electrons. The lowest BCUT2D eigenvalue weighted by Crippen LogP contribution is -1.94. The fourth-order valence-electron chi connectivity index (χ4n) is 1.94. The summed E-state index contributed by atoms with van der Waals surface area (Å²) in [5.41, 5.74) is 3.09. The van der Waals surface area contributed by atoms with Crippen molar-refractivity contribution >= 4 is 11.6 Å². The molecule has 2 aromatic rings. The van der Waals surface area contributed by atoms with Gasteiger partial charge in [-0.05, 0) is 37.1 Å². The minimum atomic E-state index is 0.233. The van der Waals surface area contributed by atoms with Gasteiger partial charge < -0.3 is 4.74 Å². The van der Waals surface area contributed by atoms with Crippen LogP contribution in [0.4, 0.5) is 0 Å². The Labute approximate surface area is 117 Å². The van der Waals surface area contributed by atoms with Gasteiger partial charge in [-0.15, -0.1) is 0 Å². The zero-order chi connectivity index (χ0) is 13.8. The van der Waals surface area contributed by atoms with Crippen LogP contribution in [0, 0.1) is 18.3 Å². The highest BCUT2D eigenvalue weighted by atomic mass is 35.5. The standard InChI is InChI=1S/C15H13ClN2O/c1-3-19-12-6-4-11(5-7-12)14-10(2)9-18-15(16)13(14)8-17/h4-7,9H,3H2,1-2H3. The zero-order valence-corrected chi connectivity index (χ0v) is 11.5. The van der Waals surface area contributed by atoms with E-state index in [0.717, 1.165) is 22.4 Å². The lowest BCUT2D eigenvalue weighted by molar-refractivity contribution is 0.340. The molecule has 4 heteroatoms. The van der Waals surface area contributed by atoms with E-state index in [4.69, 9.17) is 16.3 Å². The highest BCUT2D eigenvalue weighted by molar-refractivity contribution is 6.31. The normalized spacial score (nSPS) is 10.0.